The van der Waals surface area contributed by atoms with E-state index in [0.29, 0.717) is 19.0 Å². The molecule has 0 aromatic carbocycles. The predicted octanol–water partition coefficient (Wildman–Crippen LogP) is 2.34. The molecule has 7 nitrogen and oxygen atoms in total. The smallest absolute Gasteiger partial charge is 0.233 e. The van der Waals surface area contributed by atoms with Crippen molar-refractivity contribution in [3.63, 3.8) is 0 Å². The van der Waals surface area contributed by atoms with E-state index in [-0.39, 0.29) is 11.9 Å². The number of fused-ring (bicyclic) bond motifs is 1. The Hall–Kier alpha value is -1.58. The molecule has 1 atom stereocenters. The molecular weight excluding hydrogens is 382 g/mol. The van der Waals surface area contributed by atoms with Gasteiger partial charge in [0.15, 0.2) is 5.16 Å². The number of aromatic nitrogens is 3. The minimum absolute atomic E-state index is 0.180. The van der Waals surface area contributed by atoms with Gasteiger partial charge in [0.1, 0.15) is 0 Å². The Morgan fingerprint density at radius 1 is 1.33 bits per heavy atom. The van der Waals surface area contributed by atoms with Crippen molar-refractivity contribution in [3.8, 4) is 0 Å². The molecule has 1 saturated heterocycles. The van der Waals surface area contributed by atoms with Crippen LogP contribution in [0, 0.1) is 0 Å². The van der Waals surface area contributed by atoms with Gasteiger partial charge in [-0.3, -0.25) is 9.36 Å². The van der Waals surface area contributed by atoms with Gasteiger partial charge < -0.3 is 14.5 Å². The predicted molar refractivity (Wildman–Crippen MR) is 108 cm³/mol. The third-order valence-corrected chi connectivity index (χ3v) is 7.23. The number of ether oxygens (including phenoxy) is 1. The van der Waals surface area contributed by atoms with Gasteiger partial charge in [-0.15, -0.1) is 21.5 Å². The SMILES string of the molecule is CCC1c2ccsc2CCN1C(=O)CSc1nnc(N2CCOCC2)n1C. The zero-order valence-electron chi connectivity index (χ0n) is 15.8. The van der Waals surface area contributed by atoms with Gasteiger partial charge in [0, 0.05) is 31.6 Å². The summed E-state index contributed by atoms with van der Waals surface area (Å²) in [6.45, 7) is 6.04. The van der Waals surface area contributed by atoms with Crippen LogP contribution in [-0.2, 0) is 23.0 Å². The quantitative estimate of drug-likeness (QED) is 0.709. The molecule has 0 N–H and O–H groups in total. The Bertz CT molecular complexity index is 800. The summed E-state index contributed by atoms with van der Waals surface area (Å²) in [5, 5.41) is 11.5. The minimum Gasteiger partial charge on any atom is -0.378 e. The van der Waals surface area contributed by atoms with Crippen molar-refractivity contribution in [1.82, 2.24) is 19.7 Å². The number of anilines is 1. The van der Waals surface area contributed by atoms with Crippen LogP contribution in [0.1, 0.15) is 29.8 Å². The molecule has 4 heterocycles. The second kappa shape index (κ2) is 8.20. The maximum Gasteiger partial charge on any atom is 0.233 e. The van der Waals surface area contributed by atoms with E-state index in [1.807, 2.05) is 27.9 Å². The van der Waals surface area contributed by atoms with E-state index < -0.39 is 0 Å². The van der Waals surface area contributed by atoms with E-state index in [2.05, 4.69) is 33.5 Å². The van der Waals surface area contributed by atoms with Gasteiger partial charge >= 0.3 is 0 Å². The molecule has 1 unspecified atom stereocenters. The fourth-order valence-electron chi connectivity index (χ4n) is 3.82. The molecule has 146 valence electrons. The van der Waals surface area contributed by atoms with Crippen molar-refractivity contribution >= 4 is 35.0 Å². The van der Waals surface area contributed by atoms with E-state index in [0.717, 1.165) is 43.6 Å². The second-order valence-corrected chi connectivity index (χ2v) is 8.73. The molecule has 0 spiro atoms. The summed E-state index contributed by atoms with van der Waals surface area (Å²) < 4.78 is 7.38. The first-order valence-corrected chi connectivity index (χ1v) is 11.3. The highest BCUT2D eigenvalue weighted by Gasteiger charge is 2.30. The lowest BCUT2D eigenvalue weighted by molar-refractivity contribution is -0.131. The second-order valence-electron chi connectivity index (χ2n) is 6.79. The molecule has 1 amide bonds. The van der Waals surface area contributed by atoms with Crippen LogP contribution in [0.15, 0.2) is 16.6 Å². The van der Waals surface area contributed by atoms with Gasteiger partial charge in [-0.25, -0.2) is 0 Å². The van der Waals surface area contributed by atoms with Crippen LogP contribution in [0.25, 0.3) is 0 Å². The minimum atomic E-state index is 0.180. The van der Waals surface area contributed by atoms with Crippen molar-refractivity contribution in [1.29, 1.82) is 0 Å². The molecule has 0 saturated carbocycles. The maximum absolute atomic E-state index is 12.9. The van der Waals surface area contributed by atoms with Gasteiger partial charge in [-0.2, -0.15) is 0 Å². The summed E-state index contributed by atoms with van der Waals surface area (Å²) in [6, 6.07) is 2.38. The van der Waals surface area contributed by atoms with Crippen LogP contribution in [0.4, 0.5) is 5.95 Å². The normalized spacial score (nSPS) is 20.0. The number of thioether (sulfide) groups is 1. The Morgan fingerprint density at radius 3 is 2.93 bits per heavy atom. The lowest BCUT2D eigenvalue weighted by atomic mass is 9.98. The third-order valence-electron chi connectivity index (χ3n) is 5.23. The molecule has 2 aromatic rings. The molecule has 0 aliphatic carbocycles. The molecule has 27 heavy (non-hydrogen) atoms. The molecule has 9 heteroatoms. The largest absolute Gasteiger partial charge is 0.378 e. The number of nitrogens with zero attached hydrogens (tertiary/aromatic N) is 5. The van der Waals surface area contributed by atoms with Gasteiger partial charge in [0.2, 0.25) is 11.9 Å². The molecule has 2 aliphatic rings. The summed E-state index contributed by atoms with van der Waals surface area (Å²) in [6.07, 6.45) is 1.91. The number of hydrogen-bond acceptors (Lipinski definition) is 7. The van der Waals surface area contributed by atoms with Gasteiger partial charge in [-0.05, 0) is 29.9 Å². The van der Waals surface area contributed by atoms with E-state index in [1.54, 1.807) is 0 Å². The lowest BCUT2D eigenvalue weighted by Crippen LogP contribution is -2.40. The van der Waals surface area contributed by atoms with Crippen LogP contribution in [0.5, 0.6) is 0 Å². The number of carbonyl (C=O) groups excluding carboxylic acids is 1. The average Bonchev–Trinajstić information content (AvgIpc) is 3.32. The summed E-state index contributed by atoms with van der Waals surface area (Å²) in [4.78, 5) is 18.6. The number of hydrogen-bond donors (Lipinski definition) is 0. The fraction of sp³-hybridized carbons (Fsp3) is 0.611. The first kappa shape index (κ1) is 18.8. The molecular formula is C18H25N5O2S2. The molecule has 2 aliphatic heterocycles. The third kappa shape index (κ3) is 3.72. The maximum atomic E-state index is 12.9. The molecule has 4 rings (SSSR count). The number of rotatable bonds is 5. The zero-order chi connectivity index (χ0) is 18.8. The summed E-state index contributed by atoms with van der Waals surface area (Å²) in [7, 11) is 1.96. The zero-order valence-corrected chi connectivity index (χ0v) is 17.4. The van der Waals surface area contributed by atoms with E-state index in [4.69, 9.17) is 4.74 Å². The monoisotopic (exact) mass is 407 g/mol. The summed E-state index contributed by atoms with van der Waals surface area (Å²) in [5.74, 6) is 1.42. The number of thiophene rings is 1. The highest BCUT2D eigenvalue weighted by molar-refractivity contribution is 7.99. The average molecular weight is 408 g/mol. The molecule has 2 aromatic heterocycles. The van der Waals surface area contributed by atoms with Crippen LogP contribution in [0.3, 0.4) is 0 Å². The number of amides is 1. The van der Waals surface area contributed by atoms with Crippen LogP contribution in [0.2, 0.25) is 0 Å². The van der Waals surface area contributed by atoms with E-state index in [1.165, 1.54) is 22.2 Å². The van der Waals surface area contributed by atoms with Gasteiger partial charge in [0.25, 0.3) is 0 Å². The Morgan fingerprint density at radius 2 is 2.15 bits per heavy atom. The lowest BCUT2D eigenvalue weighted by Gasteiger charge is -2.35. The standard InChI is InChI=1S/C18H25N5O2S2/c1-3-14-13-5-11-26-15(13)4-6-23(14)16(24)12-27-18-20-19-17(21(18)2)22-7-9-25-10-8-22/h5,11,14H,3-4,6-10,12H2,1-2H3. The first-order valence-electron chi connectivity index (χ1n) is 9.39. The Labute approximate surface area is 167 Å². The molecule has 0 bridgehead atoms. The van der Waals surface area contributed by atoms with Gasteiger partial charge in [0.05, 0.1) is 25.0 Å². The highest BCUT2D eigenvalue weighted by Crippen LogP contribution is 2.35. The number of morpholine rings is 1. The van der Waals surface area contributed by atoms with Crippen molar-refractivity contribution < 1.29 is 9.53 Å². The van der Waals surface area contributed by atoms with Crippen molar-refractivity contribution in [2.24, 2.45) is 7.05 Å². The van der Waals surface area contributed by atoms with E-state index in [9.17, 15) is 4.79 Å². The number of carbonyl (C=O) groups is 1. The van der Waals surface area contributed by atoms with Crippen LogP contribution in [-0.4, -0.2) is 64.2 Å². The van der Waals surface area contributed by atoms with Crippen LogP contribution < -0.4 is 4.90 Å². The first-order chi connectivity index (χ1) is 13.2. The van der Waals surface area contributed by atoms with Crippen molar-refractivity contribution in [2.75, 3.05) is 43.5 Å². The molecule has 1 fully saturated rings. The molecule has 0 radical (unpaired) electrons. The van der Waals surface area contributed by atoms with Gasteiger partial charge in [-0.1, -0.05) is 18.7 Å². The fourth-order valence-corrected chi connectivity index (χ4v) is 5.54. The topological polar surface area (TPSA) is 63.5 Å². The summed E-state index contributed by atoms with van der Waals surface area (Å²) in [5.41, 5.74) is 1.33. The Balaban J connectivity index is 1.40. The Kier molecular flexibility index (Phi) is 5.70. The highest BCUT2D eigenvalue weighted by atomic mass is 32.2. The van der Waals surface area contributed by atoms with Crippen LogP contribution >= 0.6 is 23.1 Å². The van der Waals surface area contributed by atoms with Crippen molar-refractivity contribution in [2.45, 2.75) is 31.0 Å². The van der Waals surface area contributed by atoms with Crippen molar-refractivity contribution in [3.05, 3.63) is 21.9 Å². The van der Waals surface area contributed by atoms with E-state index >= 15 is 0 Å². The summed E-state index contributed by atoms with van der Waals surface area (Å²) >= 11 is 3.28.